The molecule has 14 nitrogen and oxygen atoms in total. The van der Waals surface area contributed by atoms with Gasteiger partial charge >= 0.3 is 0 Å². The zero-order valence-corrected chi connectivity index (χ0v) is 33.9. The standard InChI is InChI=1S/C14H29BrN4O3SSi.C10H20BrN3O4SSi/c1-6-18(7-2)8-10-23(20,21)14-16-13(15)17-19(14)12-22-9-11-24(3,4)5;1-20(2,3)7-5-18-8-14-10(12-9(11)13-14)19(16,17)6-4-15/h6-12H2,1-5H3;15H,4-8H2,1-3H3. The van der Waals surface area contributed by atoms with Crippen molar-refractivity contribution < 1.29 is 31.4 Å². The summed E-state index contributed by atoms with van der Waals surface area (Å²) >= 11 is 6.21. The molecule has 20 heteroatoms. The second-order valence-corrected chi connectivity index (χ2v) is 29.1. The first-order valence-corrected chi connectivity index (χ1v) is 26.7. The number of aliphatic hydroxyl groups excluding tert-OH is 1. The molecule has 256 valence electrons. The van der Waals surface area contributed by atoms with E-state index in [9.17, 15) is 16.8 Å². The third kappa shape index (κ3) is 15.8. The highest BCUT2D eigenvalue weighted by atomic mass is 79.9. The summed E-state index contributed by atoms with van der Waals surface area (Å²) in [5.41, 5.74) is 0. The van der Waals surface area contributed by atoms with Crippen molar-refractivity contribution in [2.45, 2.75) is 89.0 Å². The first-order chi connectivity index (χ1) is 20.2. The van der Waals surface area contributed by atoms with Gasteiger partial charge in [-0.1, -0.05) is 53.1 Å². The molecule has 2 heterocycles. The highest BCUT2D eigenvalue weighted by Gasteiger charge is 2.25. The van der Waals surface area contributed by atoms with Gasteiger partial charge in [0.05, 0.1) is 18.1 Å². The summed E-state index contributed by atoms with van der Waals surface area (Å²) in [5, 5.41) is 16.6. The van der Waals surface area contributed by atoms with E-state index in [0.29, 0.717) is 19.8 Å². The van der Waals surface area contributed by atoms with Crippen LogP contribution >= 0.6 is 31.9 Å². The minimum atomic E-state index is -3.65. The molecule has 2 rings (SSSR count). The number of sulfone groups is 2. The van der Waals surface area contributed by atoms with Crippen molar-refractivity contribution in [2.75, 3.05) is 51.0 Å². The number of nitrogens with zero attached hydrogens (tertiary/aromatic N) is 7. The van der Waals surface area contributed by atoms with E-state index in [1.807, 2.05) is 13.8 Å². The Bertz CT molecular complexity index is 1360. The predicted molar refractivity (Wildman–Crippen MR) is 183 cm³/mol. The molecule has 2 aromatic rings. The average Bonchev–Trinajstić information content (AvgIpc) is 3.47. The van der Waals surface area contributed by atoms with Crippen LogP contribution in [-0.4, -0.2) is 123 Å². The van der Waals surface area contributed by atoms with E-state index in [-0.39, 0.29) is 44.7 Å². The second-order valence-electron chi connectivity index (χ2n) is 12.4. The fourth-order valence-electron chi connectivity index (χ4n) is 3.38. The highest BCUT2D eigenvalue weighted by Crippen LogP contribution is 2.15. The fraction of sp³-hybridized carbons (Fsp3) is 0.833. The number of halogens is 2. The maximum Gasteiger partial charge on any atom is 0.248 e. The first kappa shape index (κ1) is 41.4. The van der Waals surface area contributed by atoms with Crippen LogP contribution in [-0.2, 0) is 42.6 Å². The van der Waals surface area contributed by atoms with Crippen molar-refractivity contribution in [3.05, 3.63) is 9.47 Å². The Morgan fingerprint density at radius 3 is 1.48 bits per heavy atom. The number of aliphatic hydroxyl groups is 1. The van der Waals surface area contributed by atoms with Gasteiger partial charge in [-0.25, -0.2) is 26.2 Å². The number of ether oxygens (including phenoxy) is 2. The van der Waals surface area contributed by atoms with Crippen molar-refractivity contribution in [3.63, 3.8) is 0 Å². The van der Waals surface area contributed by atoms with Crippen LogP contribution in [0.4, 0.5) is 0 Å². The lowest BCUT2D eigenvalue weighted by molar-refractivity contribution is 0.0712. The third-order valence-electron chi connectivity index (χ3n) is 6.13. The molecule has 44 heavy (non-hydrogen) atoms. The van der Waals surface area contributed by atoms with E-state index < -0.39 is 42.4 Å². The van der Waals surface area contributed by atoms with Gasteiger partial charge in [-0.05, 0) is 57.0 Å². The maximum atomic E-state index is 12.6. The summed E-state index contributed by atoms with van der Waals surface area (Å²) in [6.07, 6.45) is 0. The molecule has 0 aromatic carbocycles. The molecule has 0 bridgehead atoms. The number of aromatic nitrogens is 6. The van der Waals surface area contributed by atoms with Gasteiger partial charge in [0.25, 0.3) is 0 Å². The Morgan fingerprint density at radius 1 is 0.750 bits per heavy atom. The van der Waals surface area contributed by atoms with Crippen molar-refractivity contribution in [3.8, 4) is 0 Å². The summed E-state index contributed by atoms with van der Waals surface area (Å²) in [4.78, 5) is 9.92. The minimum absolute atomic E-state index is 0.0225. The molecule has 0 radical (unpaired) electrons. The smallest absolute Gasteiger partial charge is 0.248 e. The molecule has 0 saturated heterocycles. The predicted octanol–water partition coefficient (Wildman–Crippen LogP) is 3.59. The summed E-state index contributed by atoms with van der Waals surface area (Å²) in [6.45, 7) is 20.5. The molecule has 0 aliphatic carbocycles. The van der Waals surface area contributed by atoms with Crippen molar-refractivity contribution in [1.82, 2.24) is 34.4 Å². The number of hydrogen-bond donors (Lipinski definition) is 1. The highest BCUT2D eigenvalue weighted by molar-refractivity contribution is 9.10. The van der Waals surface area contributed by atoms with Crippen LogP contribution in [0, 0.1) is 0 Å². The van der Waals surface area contributed by atoms with Gasteiger partial charge in [-0.15, -0.1) is 10.2 Å². The quantitative estimate of drug-likeness (QED) is 0.162. The van der Waals surface area contributed by atoms with Crippen LogP contribution in [0.15, 0.2) is 19.8 Å². The van der Waals surface area contributed by atoms with Gasteiger partial charge in [-0.3, -0.25) is 0 Å². The van der Waals surface area contributed by atoms with E-state index in [1.165, 1.54) is 9.36 Å². The molecule has 0 saturated carbocycles. The molecule has 0 fully saturated rings. The largest absolute Gasteiger partial charge is 0.395 e. The first-order valence-electron chi connectivity index (χ1n) is 14.4. The molecule has 0 aliphatic rings. The summed E-state index contributed by atoms with van der Waals surface area (Å²) in [7, 11) is -9.51. The average molecular weight is 828 g/mol. The Morgan fingerprint density at radius 2 is 1.14 bits per heavy atom. The SMILES string of the molecule is CCN(CC)CCS(=O)(=O)c1nc(Br)nn1COCC[Si](C)(C)C.C[Si](C)(C)CCOCn1nc(Br)nc1S(=O)(=O)CCO. The van der Waals surface area contributed by atoms with Crippen LogP contribution in [0.25, 0.3) is 0 Å². The molecule has 0 amide bonds. The molecule has 2 aromatic heterocycles. The molecule has 1 N–H and O–H groups in total. The summed E-state index contributed by atoms with van der Waals surface area (Å²) in [6, 6.07) is 2.01. The van der Waals surface area contributed by atoms with Crippen LogP contribution in [0.5, 0.6) is 0 Å². The lowest BCUT2D eigenvalue weighted by Crippen LogP contribution is -2.30. The summed E-state index contributed by atoms with van der Waals surface area (Å²) in [5.74, 6) is -0.359. The van der Waals surface area contributed by atoms with E-state index >= 15 is 0 Å². The molecule has 0 atom stereocenters. The van der Waals surface area contributed by atoms with Gasteiger partial charge in [0.15, 0.2) is 0 Å². The van der Waals surface area contributed by atoms with Gasteiger partial charge in [0.1, 0.15) is 13.5 Å². The normalized spacial score (nSPS) is 12.9. The van der Waals surface area contributed by atoms with Crippen molar-refractivity contribution in [1.29, 1.82) is 0 Å². The Kier molecular flexibility index (Phi) is 17.6. The molecular formula is C24H49Br2N7O7S2Si2. The minimum Gasteiger partial charge on any atom is -0.395 e. The number of hydrogen-bond acceptors (Lipinski definition) is 12. The second kappa shape index (κ2) is 18.7. The zero-order valence-electron chi connectivity index (χ0n) is 27.1. The maximum absolute atomic E-state index is 12.6. The van der Waals surface area contributed by atoms with Crippen LogP contribution in [0.3, 0.4) is 0 Å². The third-order valence-corrected chi connectivity index (χ3v) is 13.4. The van der Waals surface area contributed by atoms with Crippen LogP contribution < -0.4 is 0 Å². The molecule has 0 aliphatic heterocycles. The Hall–Kier alpha value is -0.586. The Balaban J connectivity index is 0.000000447. The van der Waals surface area contributed by atoms with Crippen LogP contribution in [0.2, 0.25) is 51.4 Å². The van der Waals surface area contributed by atoms with E-state index in [1.54, 1.807) is 0 Å². The molecule has 0 spiro atoms. The van der Waals surface area contributed by atoms with Gasteiger partial charge in [-0.2, -0.15) is 9.97 Å². The van der Waals surface area contributed by atoms with E-state index in [0.717, 1.165) is 25.2 Å². The van der Waals surface area contributed by atoms with Crippen molar-refractivity contribution in [2.24, 2.45) is 0 Å². The Labute approximate surface area is 281 Å². The van der Waals surface area contributed by atoms with Gasteiger partial charge < -0.3 is 19.5 Å². The van der Waals surface area contributed by atoms with Gasteiger partial charge in [0.2, 0.25) is 39.5 Å². The van der Waals surface area contributed by atoms with Crippen molar-refractivity contribution >= 4 is 67.7 Å². The monoisotopic (exact) mass is 825 g/mol. The summed E-state index contributed by atoms with van der Waals surface area (Å²) < 4.78 is 63.0. The van der Waals surface area contributed by atoms with E-state index in [4.69, 9.17) is 14.6 Å². The molecule has 0 unspecified atom stereocenters. The number of rotatable bonds is 19. The topological polar surface area (TPSA) is 172 Å². The molecular weight excluding hydrogens is 778 g/mol. The van der Waals surface area contributed by atoms with E-state index in [2.05, 4.69) is 96.2 Å². The van der Waals surface area contributed by atoms with Gasteiger partial charge in [0, 0.05) is 35.9 Å². The van der Waals surface area contributed by atoms with Crippen LogP contribution in [0.1, 0.15) is 13.8 Å². The lowest BCUT2D eigenvalue weighted by atomic mass is 10.5. The fourth-order valence-corrected chi connectivity index (χ4v) is 8.23. The lowest BCUT2D eigenvalue weighted by Gasteiger charge is -2.17. The zero-order chi connectivity index (χ0) is 33.8.